The van der Waals surface area contributed by atoms with Crippen LogP contribution in [0, 0.1) is 0 Å². The Morgan fingerprint density at radius 1 is 1.35 bits per heavy atom. The maximum Gasteiger partial charge on any atom is 0.416 e. The molecule has 1 aromatic carbocycles. The minimum absolute atomic E-state index is 0.175. The molecule has 5 heteroatoms. The van der Waals surface area contributed by atoms with E-state index in [0.29, 0.717) is 24.3 Å². The first kappa shape index (κ1) is 15.2. The van der Waals surface area contributed by atoms with Gasteiger partial charge < -0.3 is 9.64 Å². The van der Waals surface area contributed by atoms with Crippen molar-refractivity contribution in [2.24, 2.45) is 0 Å². The average molecular weight is 287 g/mol. The fourth-order valence-electron chi connectivity index (χ4n) is 2.86. The van der Waals surface area contributed by atoms with Crippen molar-refractivity contribution in [3.05, 3.63) is 29.3 Å². The topological polar surface area (TPSA) is 12.5 Å². The summed E-state index contributed by atoms with van der Waals surface area (Å²) in [7, 11) is 1.62. The van der Waals surface area contributed by atoms with Crippen LogP contribution in [0.25, 0.3) is 0 Å². The molecule has 0 aliphatic carbocycles. The van der Waals surface area contributed by atoms with Crippen molar-refractivity contribution < 1.29 is 17.9 Å². The van der Waals surface area contributed by atoms with Crippen molar-refractivity contribution in [1.82, 2.24) is 0 Å². The van der Waals surface area contributed by atoms with E-state index in [2.05, 4.69) is 0 Å². The molecule has 1 heterocycles. The van der Waals surface area contributed by atoms with Crippen LogP contribution in [0.3, 0.4) is 0 Å². The molecule has 0 amide bonds. The number of hydrogen-bond donors (Lipinski definition) is 0. The third-order valence-corrected chi connectivity index (χ3v) is 3.85. The van der Waals surface area contributed by atoms with Crippen LogP contribution < -0.4 is 4.90 Å². The van der Waals surface area contributed by atoms with E-state index in [1.165, 1.54) is 6.07 Å². The monoisotopic (exact) mass is 287 g/mol. The second-order valence-corrected chi connectivity index (χ2v) is 5.14. The molecule has 20 heavy (non-hydrogen) atoms. The SMILES string of the molecule is CCc1ccc(N2CCCC2COC)cc1C(F)(F)F. The Balaban J connectivity index is 2.33. The molecule has 1 atom stereocenters. The summed E-state index contributed by atoms with van der Waals surface area (Å²) in [6, 6.07) is 4.85. The van der Waals surface area contributed by atoms with Gasteiger partial charge in [0.1, 0.15) is 0 Å². The highest BCUT2D eigenvalue weighted by molar-refractivity contribution is 5.53. The molecule has 0 spiro atoms. The molecule has 2 nitrogen and oxygen atoms in total. The fraction of sp³-hybridized carbons (Fsp3) is 0.600. The Morgan fingerprint density at radius 3 is 2.70 bits per heavy atom. The normalized spacial score (nSPS) is 19.6. The number of methoxy groups -OCH3 is 1. The summed E-state index contributed by atoms with van der Waals surface area (Å²) in [5, 5.41) is 0. The van der Waals surface area contributed by atoms with E-state index in [4.69, 9.17) is 4.74 Å². The number of anilines is 1. The lowest BCUT2D eigenvalue weighted by Gasteiger charge is -2.27. The summed E-state index contributed by atoms with van der Waals surface area (Å²) in [6.45, 7) is 3.08. The van der Waals surface area contributed by atoms with Gasteiger partial charge in [0.15, 0.2) is 0 Å². The predicted octanol–water partition coefficient (Wildman–Crippen LogP) is 3.88. The van der Waals surface area contributed by atoms with Gasteiger partial charge in [0.25, 0.3) is 0 Å². The average Bonchev–Trinajstić information content (AvgIpc) is 2.85. The van der Waals surface area contributed by atoms with Gasteiger partial charge in [-0.3, -0.25) is 0 Å². The lowest BCUT2D eigenvalue weighted by Crippen LogP contribution is -2.33. The highest BCUT2D eigenvalue weighted by atomic mass is 19.4. The van der Waals surface area contributed by atoms with E-state index >= 15 is 0 Å². The summed E-state index contributed by atoms with van der Waals surface area (Å²) >= 11 is 0. The zero-order chi connectivity index (χ0) is 14.8. The van der Waals surface area contributed by atoms with Crippen molar-refractivity contribution in [1.29, 1.82) is 0 Å². The minimum atomic E-state index is -4.29. The summed E-state index contributed by atoms with van der Waals surface area (Å²) in [5.74, 6) is 0. The number of halogens is 3. The molecule has 1 aromatic rings. The van der Waals surface area contributed by atoms with E-state index in [1.807, 2.05) is 4.90 Å². The zero-order valence-corrected chi connectivity index (χ0v) is 11.8. The van der Waals surface area contributed by atoms with Gasteiger partial charge in [-0.1, -0.05) is 13.0 Å². The van der Waals surface area contributed by atoms with Crippen LogP contribution in [0.5, 0.6) is 0 Å². The van der Waals surface area contributed by atoms with Crippen LogP contribution >= 0.6 is 0 Å². The quantitative estimate of drug-likeness (QED) is 0.833. The van der Waals surface area contributed by atoms with Gasteiger partial charge in [0.2, 0.25) is 0 Å². The molecule has 0 bridgehead atoms. The van der Waals surface area contributed by atoms with Crippen molar-refractivity contribution in [2.45, 2.75) is 38.4 Å². The second-order valence-electron chi connectivity index (χ2n) is 5.14. The first-order valence-electron chi connectivity index (χ1n) is 6.93. The molecule has 0 N–H and O–H groups in total. The van der Waals surface area contributed by atoms with Crippen LogP contribution in [-0.2, 0) is 17.3 Å². The molecular weight excluding hydrogens is 267 g/mol. The van der Waals surface area contributed by atoms with Gasteiger partial charge >= 0.3 is 6.18 Å². The van der Waals surface area contributed by atoms with Gasteiger partial charge in [-0.05, 0) is 37.0 Å². The summed E-state index contributed by atoms with van der Waals surface area (Å²) < 4.78 is 44.5. The van der Waals surface area contributed by atoms with Crippen molar-refractivity contribution in [3.63, 3.8) is 0 Å². The van der Waals surface area contributed by atoms with Crippen LogP contribution in [0.15, 0.2) is 18.2 Å². The first-order valence-corrected chi connectivity index (χ1v) is 6.93. The molecule has 2 rings (SSSR count). The summed E-state index contributed by atoms with van der Waals surface area (Å²) in [5.41, 5.74) is 0.485. The molecule has 112 valence electrons. The Hall–Kier alpha value is -1.23. The molecule has 1 saturated heterocycles. The van der Waals surface area contributed by atoms with E-state index < -0.39 is 11.7 Å². The standard InChI is InChI=1S/C15H20F3NO/c1-3-11-6-7-12(9-14(11)15(16,17)18)19-8-4-5-13(19)10-20-2/h6-7,9,13H,3-5,8,10H2,1-2H3. The summed E-state index contributed by atoms with van der Waals surface area (Å²) in [4.78, 5) is 2.03. The largest absolute Gasteiger partial charge is 0.416 e. The minimum Gasteiger partial charge on any atom is -0.383 e. The number of alkyl halides is 3. The van der Waals surface area contributed by atoms with E-state index in [9.17, 15) is 13.2 Å². The first-order chi connectivity index (χ1) is 9.47. The number of ether oxygens (including phenoxy) is 1. The third-order valence-electron chi connectivity index (χ3n) is 3.85. The van der Waals surface area contributed by atoms with Gasteiger partial charge in [-0.2, -0.15) is 13.2 Å². The number of nitrogens with zero attached hydrogens (tertiary/aromatic N) is 1. The highest BCUT2D eigenvalue weighted by Gasteiger charge is 2.34. The molecule has 0 aromatic heterocycles. The fourth-order valence-corrected chi connectivity index (χ4v) is 2.86. The lowest BCUT2D eigenvalue weighted by molar-refractivity contribution is -0.138. The van der Waals surface area contributed by atoms with Crippen LogP contribution in [0.1, 0.15) is 30.9 Å². The molecule has 1 fully saturated rings. The molecule has 0 saturated carbocycles. The number of benzene rings is 1. The Kier molecular flexibility index (Phi) is 4.58. The van der Waals surface area contributed by atoms with Gasteiger partial charge in [0.05, 0.1) is 18.2 Å². The maximum atomic E-state index is 13.1. The van der Waals surface area contributed by atoms with E-state index in [-0.39, 0.29) is 6.04 Å². The number of aryl methyl sites for hydroxylation is 1. The second kappa shape index (κ2) is 6.04. The highest BCUT2D eigenvalue weighted by Crippen LogP contribution is 2.36. The molecule has 1 aliphatic rings. The van der Waals surface area contributed by atoms with Crippen LogP contribution in [-0.4, -0.2) is 26.3 Å². The van der Waals surface area contributed by atoms with Gasteiger partial charge in [0, 0.05) is 19.3 Å². The van der Waals surface area contributed by atoms with Crippen molar-refractivity contribution in [3.8, 4) is 0 Å². The van der Waals surface area contributed by atoms with Crippen LogP contribution in [0.4, 0.5) is 18.9 Å². The molecule has 1 aliphatic heterocycles. The number of rotatable bonds is 4. The number of hydrogen-bond acceptors (Lipinski definition) is 2. The Bertz CT molecular complexity index is 459. The molecule has 1 unspecified atom stereocenters. The predicted molar refractivity (Wildman–Crippen MR) is 73.1 cm³/mol. The van der Waals surface area contributed by atoms with Crippen LogP contribution in [0.2, 0.25) is 0 Å². The Morgan fingerprint density at radius 2 is 2.10 bits per heavy atom. The van der Waals surface area contributed by atoms with Crippen molar-refractivity contribution >= 4 is 5.69 Å². The summed E-state index contributed by atoms with van der Waals surface area (Å²) in [6.07, 6.45) is -1.95. The third kappa shape index (κ3) is 3.08. The van der Waals surface area contributed by atoms with E-state index in [1.54, 1.807) is 26.2 Å². The Labute approximate surface area is 117 Å². The zero-order valence-electron chi connectivity index (χ0n) is 11.8. The van der Waals surface area contributed by atoms with E-state index in [0.717, 1.165) is 19.4 Å². The maximum absolute atomic E-state index is 13.1. The van der Waals surface area contributed by atoms with Gasteiger partial charge in [-0.25, -0.2) is 0 Å². The molecule has 0 radical (unpaired) electrons. The lowest BCUT2D eigenvalue weighted by atomic mass is 10.0. The smallest absolute Gasteiger partial charge is 0.383 e. The van der Waals surface area contributed by atoms with Gasteiger partial charge in [-0.15, -0.1) is 0 Å². The molecular formula is C15H20F3NO. The van der Waals surface area contributed by atoms with Crippen molar-refractivity contribution in [2.75, 3.05) is 25.2 Å².